The number of nitro benzene ring substituents is 1. The van der Waals surface area contributed by atoms with Gasteiger partial charge in [-0.1, -0.05) is 18.2 Å². The van der Waals surface area contributed by atoms with E-state index >= 15 is 0 Å². The zero-order valence-corrected chi connectivity index (χ0v) is 9.77. The molecule has 2 aromatic rings. The Labute approximate surface area is 107 Å². The van der Waals surface area contributed by atoms with Crippen LogP contribution in [0.25, 0.3) is 0 Å². The summed E-state index contributed by atoms with van der Waals surface area (Å²) in [5, 5.41) is 13.6. The minimum atomic E-state index is -0.943. The van der Waals surface area contributed by atoms with Crippen molar-refractivity contribution in [2.45, 2.75) is 6.54 Å². The molecule has 2 rings (SSSR count). The summed E-state index contributed by atoms with van der Waals surface area (Å²) in [4.78, 5) is 10.3. The SMILES string of the molecule is O=[N+]([O-])c1ccccc1NCc1ccc(F)c(F)c1. The van der Waals surface area contributed by atoms with Gasteiger partial charge in [-0.3, -0.25) is 10.1 Å². The van der Waals surface area contributed by atoms with Gasteiger partial charge in [0.05, 0.1) is 4.92 Å². The number of hydrogen-bond donors (Lipinski definition) is 1. The predicted octanol–water partition coefficient (Wildman–Crippen LogP) is 3.49. The lowest BCUT2D eigenvalue weighted by atomic mass is 10.2. The Morgan fingerprint density at radius 1 is 1.11 bits per heavy atom. The van der Waals surface area contributed by atoms with Crippen LogP contribution in [-0.4, -0.2) is 4.92 Å². The molecule has 0 unspecified atom stereocenters. The standard InChI is InChI=1S/C13H10F2N2O2/c14-10-6-5-9(7-11(10)15)8-16-12-3-1-2-4-13(12)17(18)19/h1-7,16H,8H2. The molecule has 19 heavy (non-hydrogen) atoms. The Morgan fingerprint density at radius 3 is 2.53 bits per heavy atom. The Balaban J connectivity index is 2.14. The second kappa shape index (κ2) is 5.43. The van der Waals surface area contributed by atoms with Gasteiger partial charge < -0.3 is 5.32 Å². The van der Waals surface area contributed by atoms with Crippen molar-refractivity contribution in [1.29, 1.82) is 0 Å². The van der Waals surface area contributed by atoms with Crippen molar-refractivity contribution in [2.24, 2.45) is 0 Å². The van der Waals surface area contributed by atoms with E-state index in [1.807, 2.05) is 0 Å². The lowest BCUT2D eigenvalue weighted by Crippen LogP contribution is -2.03. The first-order chi connectivity index (χ1) is 9.08. The summed E-state index contributed by atoms with van der Waals surface area (Å²) in [6.07, 6.45) is 0. The maximum atomic E-state index is 13.0. The molecule has 0 saturated carbocycles. The number of anilines is 1. The van der Waals surface area contributed by atoms with Gasteiger partial charge in [0.25, 0.3) is 5.69 Å². The minimum absolute atomic E-state index is 0.0647. The highest BCUT2D eigenvalue weighted by Gasteiger charge is 2.11. The monoisotopic (exact) mass is 264 g/mol. The highest BCUT2D eigenvalue weighted by Crippen LogP contribution is 2.23. The third-order valence-electron chi connectivity index (χ3n) is 2.57. The van der Waals surface area contributed by atoms with E-state index in [9.17, 15) is 18.9 Å². The van der Waals surface area contributed by atoms with Crippen LogP contribution in [0.2, 0.25) is 0 Å². The van der Waals surface area contributed by atoms with E-state index in [2.05, 4.69) is 5.32 Å². The summed E-state index contributed by atoms with van der Waals surface area (Å²) < 4.78 is 25.7. The van der Waals surface area contributed by atoms with Gasteiger partial charge in [0, 0.05) is 12.6 Å². The molecule has 0 bridgehead atoms. The van der Waals surface area contributed by atoms with Gasteiger partial charge in [0.15, 0.2) is 11.6 Å². The first kappa shape index (κ1) is 12.9. The second-order valence-corrected chi connectivity index (χ2v) is 3.88. The fourth-order valence-corrected chi connectivity index (χ4v) is 1.63. The number of benzene rings is 2. The molecule has 0 aromatic heterocycles. The van der Waals surface area contributed by atoms with Crippen LogP contribution in [-0.2, 0) is 6.54 Å². The quantitative estimate of drug-likeness (QED) is 0.679. The highest BCUT2D eigenvalue weighted by molar-refractivity contribution is 5.61. The zero-order chi connectivity index (χ0) is 13.8. The Morgan fingerprint density at radius 2 is 1.84 bits per heavy atom. The second-order valence-electron chi connectivity index (χ2n) is 3.88. The molecule has 6 heteroatoms. The molecule has 2 aromatic carbocycles. The van der Waals surface area contributed by atoms with Crippen molar-refractivity contribution >= 4 is 11.4 Å². The van der Waals surface area contributed by atoms with E-state index in [0.717, 1.165) is 12.1 Å². The average Bonchev–Trinajstić information content (AvgIpc) is 2.40. The number of halogens is 2. The predicted molar refractivity (Wildman–Crippen MR) is 66.8 cm³/mol. The van der Waals surface area contributed by atoms with Gasteiger partial charge in [0.1, 0.15) is 5.69 Å². The van der Waals surface area contributed by atoms with Gasteiger partial charge in [-0.25, -0.2) is 8.78 Å². The van der Waals surface area contributed by atoms with Crippen molar-refractivity contribution in [3.05, 3.63) is 69.8 Å². The van der Waals surface area contributed by atoms with Crippen LogP contribution in [0.15, 0.2) is 42.5 Å². The number of hydrogen-bond acceptors (Lipinski definition) is 3. The maximum Gasteiger partial charge on any atom is 0.292 e. The summed E-state index contributed by atoms with van der Waals surface area (Å²) in [6, 6.07) is 9.62. The third kappa shape index (κ3) is 3.04. The molecule has 0 aliphatic carbocycles. The highest BCUT2D eigenvalue weighted by atomic mass is 19.2. The molecule has 0 spiro atoms. The Hall–Kier alpha value is -2.50. The number of nitrogens with one attached hydrogen (secondary N) is 1. The maximum absolute atomic E-state index is 13.0. The lowest BCUT2D eigenvalue weighted by molar-refractivity contribution is -0.384. The van der Waals surface area contributed by atoms with Crippen LogP contribution in [0.5, 0.6) is 0 Å². The summed E-state index contributed by atoms with van der Waals surface area (Å²) in [5.41, 5.74) is 0.763. The zero-order valence-electron chi connectivity index (χ0n) is 9.77. The van der Waals surface area contributed by atoms with Gasteiger partial charge >= 0.3 is 0 Å². The summed E-state index contributed by atoms with van der Waals surface area (Å²) in [6.45, 7) is 0.169. The Kier molecular flexibility index (Phi) is 3.70. The van der Waals surface area contributed by atoms with Crippen molar-refractivity contribution in [3.63, 3.8) is 0 Å². The molecule has 0 aliphatic rings. The molecule has 0 fully saturated rings. The largest absolute Gasteiger partial charge is 0.375 e. The smallest absolute Gasteiger partial charge is 0.292 e. The van der Waals surface area contributed by atoms with E-state index < -0.39 is 16.6 Å². The van der Waals surface area contributed by atoms with Crippen LogP contribution in [0, 0.1) is 21.7 Å². The first-order valence-electron chi connectivity index (χ1n) is 5.49. The minimum Gasteiger partial charge on any atom is -0.375 e. The molecule has 0 saturated heterocycles. The van der Waals surface area contributed by atoms with Gasteiger partial charge in [-0.05, 0) is 23.8 Å². The van der Waals surface area contributed by atoms with Gasteiger partial charge in [-0.2, -0.15) is 0 Å². The molecule has 98 valence electrons. The van der Waals surface area contributed by atoms with E-state index in [1.54, 1.807) is 18.2 Å². The summed E-state index contributed by atoms with van der Waals surface area (Å²) >= 11 is 0. The number of nitro groups is 1. The average molecular weight is 264 g/mol. The van der Waals surface area contributed by atoms with Crippen LogP contribution < -0.4 is 5.32 Å². The summed E-state index contributed by atoms with van der Waals surface area (Å²) in [5.74, 6) is -1.86. The van der Waals surface area contributed by atoms with Crippen LogP contribution in [0.1, 0.15) is 5.56 Å². The fraction of sp³-hybridized carbons (Fsp3) is 0.0769. The Bertz CT molecular complexity index is 617. The van der Waals surface area contributed by atoms with Crippen molar-refractivity contribution in [1.82, 2.24) is 0 Å². The summed E-state index contributed by atoms with van der Waals surface area (Å²) in [7, 11) is 0. The molecule has 0 aliphatic heterocycles. The molecular weight excluding hydrogens is 254 g/mol. The van der Waals surface area contributed by atoms with Gasteiger partial charge in [-0.15, -0.1) is 0 Å². The molecule has 0 heterocycles. The van der Waals surface area contributed by atoms with Crippen molar-refractivity contribution < 1.29 is 13.7 Å². The first-order valence-corrected chi connectivity index (χ1v) is 5.49. The third-order valence-corrected chi connectivity index (χ3v) is 2.57. The number of rotatable bonds is 4. The molecule has 4 nitrogen and oxygen atoms in total. The van der Waals surface area contributed by atoms with Gasteiger partial charge in [0.2, 0.25) is 0 Å². The number of para-hydroxylation sites is 2. The molecule has 1 N–H and O–H groups in total. The molecule has 0 radical (unpaired) electrons. The van der Waals surface area contributed by atoms with Crippen molar-refractivity contribution in [3.8, 4) is 0 Å². The van der Waals surface area contributed by atoms with E-state index in [1.165, 1.54) is 12.1 Å². The van der Waals surface area contributed by atoms with Crippen LogP contribution in [0.3, 0.4) is 0 Å². The number of nitrogens with zero attached hydrogens (tertiary/aromatic N) is 1. The van der Waals surface area contributed by atoms with Crippen molar-refractivity contribution in [2.75, 3.05) is 5.32 Å². The van der Waals surface area contributed by atoms with Crippen LogP contribution in [0.4, 0.5) is 20.2 Å². The van der Waals surface area contributed by atoms with Crippen LogP contribution >= 0.6 is 0 Å². The molecular formula is C13H10F2N2O2. The molecule has 0 amide bonds. The normalized spacial score (nSPS) is 10.2. The van der Waals surface area contributed by atoms with E-state index in [-0.39, 0.29) is 12.2 Å². The topological polar surface area (TPSA) is 55.2 Å². The molecule has 0 atom stereocenters. The van der Waals surface area contributed by atoms with E-state index in [4.69, 9.17) is 0 Å². The lowest BCUT2D eigenvalue weighted by Gasteiger charge is -2.07. The van der Waals surface area contributed by atoms with E-state index in [0.29, 0.717) is 11.3 Å². The fourth-order valence-electron chi connectivity index (χ4n) is 1.63.